The Kier molecular flexibility index (Phi) is 5.26. The second-order valence-corrected chi connectivity index (χ2v) is 10.5. The molecule has 1 aromatic carbocycles. The van der Waals surface area contributed by atoms with Gasteiger partial charge in [-0.05, 0) is 53.4 Å². The first-order valence-corrected chi connectivity index (χ1v) is 10.9. The van der Waals surface area contributed by atoms with Crippen LogP contribution in [0.2, 0.25) is 0 Å². The van der Waals surface area contributed by atoms with Crippen molar-refractivity contribution in [3.05, 3.63) is 51.3 Å². The van der Waals surface area contributed by atoms with E-state index in [2.05, 4.69) is 47.1 Å². The van der Waals surface area contributed by atoms with Gasteiger partial charge in [0.25, 0.3) is 10.0 Å². The fourth-order valence-electron chi connectivity index (χ4n) is 3.04. The smallest absolute Gasteiger partial charge is 0.206 e. The highest BCUT2D eigenvalue weighted by Gasteiger charge is 2.34. The molecule has 0 aliphatic carbocycles. The summed E-state index contributed by atoms with van der Waals surface area (Å²) in [6.07, 6.45) is 3.96. The van der Waals surface area contributed by atoms with Gasteiger partial charge in [-0.2, -0.15) is 4.31 Å². The Morgan fingerprint density at radius 1 is 1.09 bits per heavy atom. The maximum Gasteiger partial charge on any atom is 0.253 e. The number of rotatable bonds is 3. The summed E-state index contributed by atoms with van der Waals surface area (Å²) in [4.78, 5) is 0. The van der Waals surface area contributed by atoms with E-state index in [1.165, 1.54) is 16.9 Å². The van der Waals surface area contributed by atoms with Crippen molar-refractivity contribution < 1.29 is 8.42 Å². The molecule has 0 saturated carbocycles. The summed E-state index contributed by atoms with van der Waals surface area (Å²) in [6, 6.07) is 11.7. The van der Waals surface area contributed by atoms with Gasteiger partial charge in [-0.15, -0.1) is 11.3 Å². The van der Waals surface area contributed by atoms with Crippen molar-refractivity contribution in [2.45, 2.75) is 42.9 Å². The van der Waals surface area contributed by atoms with Gasteiger partial charge in [0.15, 0.2) is 0 Å². The first kappa shape index (κ1) is 17.1. The lowest BCUT2D eigenvalue weighted by atomic mass is 10.0. The second kappa shape index (κ2) is 7.05. The second-order valence-electron chi connectivity index (χ2n) is 5.95. The lowest BCUT2D eigenvalue weighted by Crippen LogP contribution is -2.34. The van der Waals surface area contributed by atoms with Gasteiger partial charge in [-0.1, -0.05) is 42.7 Å². The molecule has 0 radical (unpaired) electrons. The van der Waals surface area contributed by atoms with Gasteiger partial charge in [0, 0.05) is 6.54 Å². The lowest BCUT2D eigenvalue weighted by molar-refractivity contribution is 0.329. The van der Waals surface area contributed by atoms with E-state index in [0.717, 1.165) is 35.0 Å². The van der Waals surface area contributed by atoms with E-state index in [-0.39, 0.29) is 6.04 Å². The molecule has 2 heterocycles. The number of nitrogens with zero attached hydrogens (tertiary/aromatic N) is 1. The number of hydrogen-bond donors (Lipinski definition) is 0. The molecule has 1 aliphatic heterocycles. The van der Waals surface area contributed by atoms with Crippen LogP contribution in [-0.2, 0) is 10.0 Å². The number of halogens is 1. The molecular formula is C17H20BrNO2S2. The molecule has 0 amide bonds. The van der Waals surface area contributed by atoms with Gasteiger partial charge in [-0.3, -0.25) is 0 Å². The Morgan fingerprint density at radius 3 is 2.48 bits per heavy atom. The van der Waals surface area contributed by atoms with Crippen molar-refractivity contribution in [1.82, 2.24) is 4.31 Å². The number of hydrogen-bond acceptors (Lipinski definition) is 3. The van der Waals surface area contributed by atoms with Gasteiger partial charge in [-0.25, -0.2) is 8.42 Å². The third-order valence-corrected chi connectivity index (χ3v) is 8.28. The normalized spacial score (nSPS) is 20.3. The van der Waals surface area contributed by atoms with E-state index in [4.69, 9.17) is 0 Å². The molecule has 3 rings (SSSR count). The molecule has 0 unspecified atom stereocenters. The molecule has 1 atom stereocenters. The van der Waals surface area contributed by atoms with Crippen molar-refractivity contribution >= 4 is 37.3 Å². The maximum atomic E-state index is 13.1. The molecule has 3 nitrogen and oxygen atoms in total. The van der Waals surface area contributed by atoms with E-state index < -0.39 is 10.0 Å². The van der Waals surface area contributed by atoms with Gasteiger partial charge in [0.2, 0.25) is 0 Å². The average molecular weight is 414 g/mol. The summed E-state index contributed by atoms with van der Waals surface area (Å²) < 4.78 is 29.2. The largest absolute Gasteiger partial charge is 0.253 e. The summed E-state index contributed by atoms with van der Waals surface area (Å²) >= 11 is 4.65. The fourth-order valence-corrected chi connectivity index (χ4v) is 6.86. The molecule has 0 spiro atoms. The van der Waals surface area contributed by atoms with E-state index in [9.17, 15) is 8.42 Å². The SMILES string of the molecule is Cc1ccc([C@@H]2CCCCCN2S(=O)(=O)c2ccc(Br)s2)cc1. The predicted molar refractivity (Wildman–Crippen MR) is 98.3 cm³/mol. The van der Waals surface area contributed by atoms with E-state index in [1.807, 2.05) is 0 Å². The molecular weight excluding hydrogens is 394 g/mol. The molecule has 1 fully saturated rings. The van der Waals surface area contributed by atoms with Crippen LogP contribution in [0.4, 0.5) is 0 Å². The zero-order valence-electron chi connectivity index (χ0n) is 13.0. The van der Waals surface area contributed by atoms with Crippen molar-refractivity contribution in [3.63, 3.8) is 0 Å². The number of aryl methyl sites for hydroxylation is 1. The Labute approximate surface area is 150 Å². The standard InChI is InChI=1S/C17H20BrNO2S2/c1-13-6-8-14(9-7-13)15-5-3-2-4-12-19(15)23(20,21)17-11-10-16(18)22-17/h6-11,15H,2-5,12H2,1H3/t15-/m0/s1. The van der Waals surface area contributed by atoms with Crippen LogP contribution in [0, 0.1) is 6.92 Å². The molecule has 1 saturated heterocycles. The minimum absolute atomic E-state index is 0.0658. The Bertz CT molecular complexity index is 768. The van der Waals surface area contributed by atoms with E-state index >= 15 is 0 Å². The minimum atomic E-state index is -3.45. The van der Waals surface area contributed by atoms with Crippen LogP contribution in [0.3, 0.4) is 0 Å². The first-order valence-electron chi connectivity index (χ1n) is 7.82. The summed E-state index contributed by atoms with van der Waals surface area (Å²) in [5.74, 6) is 0. The summed E-state index contributed by atoms with van der Waals surface area (Å²) in [5.41, 5.74) is 2.29. The van der Waals surface area contributed by atoms with Gasteiger partial charge >= 0.3 is 0 Å². The Hall–Kier alpha value is -0.690. The van der Waals surface area contributed by atoms with Crippen LogP contribution >= 0.6 is 27.3 Å². The molecule has 124 valence electrons. The van der Waals surface area contributed by atoms with Gasteiger partial charge in [0.05, 0.1) is 9.83 Å². The summed E-state index contributed by atoms with van der Waals surface area (Å²) in [7, 11) is -3.45. The maximum absolute atomic E-state index is 13.1. The Morgan fingerprint density at radius 2 is 1.83 bits per heavy atom. The third-order valence-electron chi connectivity index (χ3n) is 4.28. The van der Waals surface area contributed by atoms with Crippen molar-refractivity contribution in [2.24, 2.45) is 0 Å². The van der Waals surface area contributed by atoms with Crippen LogP contribution in [0.25, 0.3) is 0 Å². The molecule has 0 bridgehead atoms. The Balaban J connectivity index is 2.00. The highest BCUT2D eigenvalue weighted by atomic mass is 79.9. The highest BCUT2D eigenvalue weighted by molar-refractivity contribution is 9.11. The summed E-state index contributed by atoms with van der Waals surface area (Å²) in [5, 5.41) is 0. The van der Waals surface area contributed by atoms with Crippen LogP contribution in [0.5, 0.6) is 0 Å². The minimum Gasteiger partial charge on any atom is -0.206 e. The van der Waals surface area contributed by atoms with Crippen molar-refractivity contribution in [3.8, 4) is 0 Å². The zero-order chi connectivity index (χ0) is 16.4. The number of thiophene rings is 1. The molecule has 6 heteroatoms. The average Bonchev–Trinajstić information content (AvgIpc) is 2.82. The molecule has 1 aromatic heterocycles. The quantitative estimate of drug-likeness (QED) is 0.699. The van der Waals surface area contributed by atoms with Crippen LogP contribution in [0.15, 0.2) is 44.4 Å². The van der Waals surface area contributed by atoms with Crippen LogP contribution < -0.4 is 0 Å². The van der Waals surface area contributed by atoms with Crippen LogP contribution in [-0.4, -0.2) is 19.3 Å². The third kappa shape index (κ3) is 3.71. The van der Waals surface area contributed by atoms with Gasteiger partial charge < -0.3 is 0 Å². The van der Waals surface area contributed by atoms with Gasteiger partial charge in [0.1, 0.15) is 4.21 Å². The first-order chi connectivity index (χ1) is 11.0. The highest BCUT2D eigenvalue weighted by Crippen LogP contribution is 2.37. The number of benzene rings is 1. The van der Waals surface area contributed by atoms with E-state index in [1.54, 1.807) is 16.4 Å². The predicted octanol–water partition coefficient (Wildman–Crippen LogP) is 5.13. The van der Waals surface area contributed by atoms with E-state index in [0.29, 0.717) is 10.8 Å². The zero-order valence-corrected chi connectivity index (χ0v) is 16.3. The van der Waals surface area contributed by atoms with Crippen LogP contribution in [0.1, 0.15) is 42.9 Å². The lowest BCUT2D eigenvalue weighted by Gasteiger charge is -2.29. The monoisotopic (exact) mass is 413 g/mol. The summed E-state index contributed by atoms with van der Waals surface area (Å²) in [6.45, 7) is 2.64. The number of sulfonamides is 1. The molecule has 0 N–H and O–H groups in total. The topological polar surface area (TPSA) is 37.4 Å². The molecule has 2 aromatic rings. The van der Waals surface area contributed by atoms with Crippen molar-refractivity contribution in [1.29, 1.82) is 0 Å². The molecule has 23 heavy (non-hydrogen) atoms. The molecule has 1 aliphatic rings. The van der Waals surface area contributed by atoms with Crippen molar-refractivity contribution in [2.75, 3.05) is 6.54 Å². The fraction of sp³-hybridized carbons (Fsp3) is 0.412.